The van der Waals surface area contributed by atoms with E-state index in [1.807, 2.05) is 4.57 Å². The van der Waals surface area contributed by atoms with Crippen molar-refractivity contribution in [1.29, 1.82) is 0 Å². The van der Waals surface area contributed by atoms with Crippen molar-refractivity contribution < 1.29 is 27.5 Å². The second kappa shape index (κ2) is 8.91. The van der Waals surface area contributed by atoms with Crippen LogP contribution in [0.15, 0.2) is 60.7 Å². The molecular formula is C26H17F4N5O2S. The molecule has 0 radical (unpaired) electrons. The van der Waals surface area contributed by atoms with Crippen LogP contribution in [0.25, 0.3) is 33.0 Å². The Morgan fingerprint density at radius 3 is 2.47 bits per heavy atom. The Kier molecular flexibility index (Phi) is 5.64. The van der Waals surface area contributed by atoms with Gasteiger partial charge in [-0.15, -0.1) is 10.2 Å². The number of carboxylic acids is 1. The number of carboxylic acid groups (broad SMARTS) is 1. The molecule has 38 heavy (non-hydrogen) atoms. The number of nitrogens with zero attached hydrogens (tertiary/aromatic N) is 4. The minimum Gasteiger partial charge on any atom is -0.478 e. The number of hydrogen-bond donors (Lipinski definition) is 2. The van der Waals surface area contributed by atoms with Crippen LogP contribution >= 0.6 is 11.3 Å². The normalized spacial score (nSPS) is 13.7. The monoisotopic (exact) mass is 539 g/mol. The summed E-state index contributed by atoms with van der Waals surface area (Å²) in [4.78, 5) is 15.7. The lowest BCUT2D eigenvalue weighted by Gasteiger charge is -2.11. The number of aromatic carboxylic acids is 1. The first-order chi connectivity index (χ1) is 18.2. The van der Waals surface area contributed by atoms with Gasteiger partial charge in [-0.1, -0.05) is 35.6 Å². The Morgan fingerprint density at radius 2 is 1.79 bits per heavy atom. The summed E-state index contributed by atoms with van der Waals surface area (Å²) < 4.78 is 56.9. The predicted octanol–water partition coefficient (Wildman–Crippen LogP) is 7.16. The second-order valence-corrected chi connectivity index (χ2v) is 9.83. The van der Waals surface area contributed by atoms with Crippen molar-refractivity contribution in [3.05, 3.63) is 77.6 Å². The third kappa shape index (κ3) is 4.47. The van der Waals surface area contributed by atoms with Crippen molar-refractivity contribution in [3.63, 3.8) is 0 Å². The molecule has 2 heterocycles. The van der Waals surface area contributed by atoms with Gasteiger partial charge in [0, 0.05) is 23.2 Å². The van der Waals surface area contributed by atoms with E-state index in [2.05, 4.69) is 20.5 Å². The van der Waals surface area contributed by atoms with Crippen LogP contribution in [0, 0.1) is 5.82 Å². The zero-order chi connectivity index (χ0) is 26.6. The standard InChI is InChI=1S/C26H17F4N5O2S/c27-18-11-21-20(31-22(35(21)17-8-9-17)15-2-1-3-16(10-15)26(28,29)30)12-19(18)32-25-34-33-23(38-25)13-4-6-14(7-5-13)24(36)37/h1-7,10-12,17H,8-9H2,(H,32,34)(H,36,37). The molecule has 12 heteroatoms. The van der Waals surface area contributed by atoms with Gasteiger partial charge in [-0.25, -0.2) is 14.2 Å². The van der Waals surface area contributed by atoms with Gasteiger partial charge in [-0.2, -0.15) is 13.2 Å². The van der Waals surface area contributed by atoms with Gasteiger partial charge in [0.2, 0.25) is 5.13 Å². The zero-order valence-electron chi connectivity index (χ0n) is 19.3. The van der Waals surface area contributed by atoms with Crippen LogP contribution < -0.4 is 5.32 Å². The van der Waals surface area contributed by atoms with Gasteiger partial charge >= 0.3 is 12.1 Å². The molecule has 7 nitrogen and oxygen atoms in total. The third-order valence-corrected chi connectivity index (χ3v) is 7.07. The molecule has 0 atom stereocenters. The Morgan fingerprint density at radius 1 is 1.03 bits per heavy atom. The van der Waals surface area contributed by atoms with Crippen molar-refractivity contribution in [2.24, 2.45) is 0 Å². The maximum Gasteiger partial charge on any atom is 0.416 e. The zero-order valence-corrected chi connectivity index (χ0v) is 20.1. The van der Waals surface area contributed by atoms with Crippen molar-refractivity contribution in [2.75, 3.05) is 5.32 Å². The van der Waals surface area contributed by atoms with Crippen LogP contribution in [0.4, 0.5) is 28.4 Å². The lowest BCUT2D eigenvalue weighted by atomic mass is 10.1. The summed E-state index contributed by atoms with van der Waals surface area (Å²) in [6, 6.07) is 14.0. The number of alkyl halides is 3. The number of carbonyl (C=O) groups is 1. The molecule has 1 saturated carbocycles. The smallest absolute Gasteiger partial charge is 0.416 e. The van der Waals surface area contributed by atoms with E-state index in [9.17, 15) is 18.0 Å². The van der Waals surface area contributed by atoms with E-state index < -0.39 is 23.5 Å². The largest absolute Gasteiger partial charge is 0.478 e. The molecule has 1 fully saturated rings. The summed E-state index contributed by atoms with van der Waals surface area (Å²) in [7, 11) is 0. The number of rotatable bonds is 6. The van der Waals surface area contributed by atoms with Crippen LogP contribution in [-0.2, 0) is 6.18 Å². The lowest BCUT2D eigenvalue weighted by molar-refractivity contribution is -0.137. The van der Waals surface area contributed by atoms with Gasteiger partial charge in [0.1, 0.15) is 16.6 Å². The molecule has 192 valence electrons. The molecule has 0 amide bonds. The summed E-state index contributed by atoms with van der Waals surface area (Å²) in [6.45, 7) is 0. The summed E-state index contributed by atoms with van der Waals surface area (Å²) in [5.41, 5.74) is 1.36. The third-order valence-electron chi connectivity index (χ3n) is 6.18. The molecule has 5 aromatic rings. The van der Waals surface area contributed by atoms with Crippen LogP contribution in [0.5, 0.6) is 0 Å². The Hall–Kier alpha value is -4.32. The first-order valence-corrected chi connectivity index (χ1v) is 12.3. The minimum absolute atomic E-state index is 0.0426. The van der Waals surface area contributed by atoms with Gasteiger partial charge in [0.05, 0.1) is 27.8 Å². The highest BCUT2D eigenvalue weighted by Gasteiger charge is 2.33. The average molecular weight is 540 g/mol. The highest BCUT2D eigenvalue weighted by atomic mass is 32.1. The number of aromatic nitrogens is 4. The van der Waals surface area contributed by atoms with E-state index in [1.165, 1.54) is 30.3 Å². The van der Waals surface area contributed by atoms with E-state index in [0.717, 1.165) is 36.3 Å². The maximum absolute atomic E-state index is 15.2. The van der Waals surface area contributed by atoms with E-state index in [-0.39, 0.29) is 17.3 Å². The van der Waals surface area contributed by atoms with Crippen LogP contribution in [-0.4, -0.2) is 30.8 Å². The van der Waals surface area contributed by atoms with Crippen LogP contribution in [0.2, 0.25) is 0 Å². The maximum atomic E-state index is 15.2. The first-order valence-electron chi connectivity index (χ1n) is 11.5. The van der Waals surface area contributed by atoms with Crippen molar-refractivity contribution in [1.82, 2.24) is 19.7 Å². The minimum atomic E-state index is -4.49. The Balaban J connectivity index is 1.34. The molecule has 1 aliphatic rings. The van der Waals surface area contributed by atoms with E-state index >= 15 is 4.39 Å². The fourth-order valence-corrected chi connectivity index (χ4v) is 4.97. The van der Waals surface area contributed by atoms with Gasteiger partial charge in [-0.05, 0) is 43.2 Å². The summed E-state index contributed by atoms with van der Waals surface area (Å²) in [5, 5.41) is 20.9. The topological polar surface area (TPSA) is 92.9 Å². The second-order valence-electron chi connectivity index (χ2n) is 8.86. The molecule has 0 saturated heterocycles. The fourth-order valence-electron chi connectivity index (χ4n) is 4.21. The molecule has 0 bridgehead atoms. The average Bonchev–Trinajstić information content (AvgIpc) is 3.50. The number of imidazole rings is 1. The van der Waals surface area contributed by atoms with Crippen molar-refractivity contribution >= 4 is 39.2 Å². The molecule has 1 aliphatic carbocycles. The highest BCUT2D eigenvalue weighted by molar-refractivity contribution is 7.18. The highest BCUT2D eigenvalue weighted by Crippen LogP contribution is 2.43. The number of fused-ring (bicyclic) bond motifs is 1. The number of hydrogen-bond acceptors (Lipinski definition) is 6. The molecule has 0 aliphatic heterocycles. The number of anilines is 2. The van der Waals surface area contributed by atoms with Gasteiger partial charge in [0.15, 0.2) is 0 Å². The van der Waals surface area contributed by atoms with E-state index in [0.29, 0.717) is 38.1 Å². The molecule has 6 rings (SSSR count). The molecule has 2 N–H and O–H groups in total. The summed E-state index contributed by atoms with van der Waals surface area (Å²) in [6.07, 6.45) is -2.82. The van der Waals surface area contributed by atoms with Gasteiger partial charge in [-0.3, -0.25) is 0 Å². The summed E-state index contributed by atoms with van der Waals surface area (Å²) in [5.74, 6) is -1.26. The molecule has 0 unspecified atom stereocenters. The van der Waals surface area contributed by atoms with E-state index in [4.69, 9.17) is 5.11 Å². The van der Waals surface area contributed by atoms with Crippen molar-refractivity contribution in [3.8, 4) is 22.0 Å². The van der Waals surface area contributed by atoms with Crippen LogP contribution in [0.1, 0.15) is 34.8 Å². The quantitative estimate of drug-likeness (QED) is 0.223. The lowest BCUT2D eigenvalue weighted by Crippen LogP contribution is -2.05. The van der Waals surface area contributed by atoms with Gasteiger partial charge in [0.25, 0.3) is 0 Å². The number of halogens is 4. The fraction of sp³-hybridized carbons (Fsp3) is 0.154. The van der Waals surface area contributed by atoms with Crippen molar-refractivity contribution in [2.45, 2.75) is 25.1 Å². The number of nitrogens with one attached hydrogen (secondary N) is 1. The molecular weight excluding hydrogens is 522 g/mol. The molecule has 3 aromatic carbocycles. The molecule has 2 aromatic heterocycles. The Labute approximate surface area is 216 Å². The summed E-state index contributed by atoms with van der Waals surface area (Å²) >= 11 is 1.15. The Bertz CT molecular complexity index is 1690. The first kappa shape index (κ1) is 24.0. The van der Waals surface area contributed by atoms with Crippen LogP contribution in [0.3, 0.4) is 0 Å². The number of benzene rings is 3. The molecule has 0 spiro atoms. The van der Waals surface area contributed by atoms with E-state index in [1.54, 1.807) is 18.2 Å². The predicted molar refractivity (Wildman–Crippen MR) is 134 cm³/mol. The SMILES string of the molecule is O=C(O)c1ccc(-c2nnc(Nc3cc4nc(-c5cccc(C(F)(F)F)c5)n(C5CC5)c4cc3F)s2)cc1. The van der Waals surface area contributed by atoms with Gasteiger partial charge < -0.3 is 15.0 Å².